The molecular formula is C18H18N6S. The highest BCUT2D eigenvalue weighted by atomic mass is 32.2. The number of nitriles is 1. The van der Waals surface area contributed by atoms with Gasteiger partial charge in [0.2, 0.25) is 0 Å². The third-order valence-corrected chi connectivity index (χ3v) is 4.61. The fourth-order valence-corrected chi connectivity index (χ4v) is 3.13. The number of hydrogen-bond donors (Lipinski definition) is 1. The highest BCUT2D eigenvalue weighted by molar-refractivity contribution is 7.98. The molecule has 1 aromatic carbocycles. The van der Waals surface area contributed by atoms with Gasteiger partial charge in [0.1, 0.15) is 23.0 Å². The van der Waals surface area contributed by atoms with Gasteiger partial charge in [0.15, 0.2) is 5.82 Å². The molecule has 0 fully saturated rings. The quantitative estimate of drug-likeness (QED) is 0.558. The second-order valence-electron chi connectivity index (χ2n) is 5.53. The Morgan fingerprint density at radius 1 is 1.20 bits per heavy atom. The normalized spacial score (nSPS) is 10.5. The third kappa shape index (κ3) is 3.49. The van der Waals surface area contributed by atoms with Crippen molar-refractivity contribution in [3.8, 4) is 6.07 Å². The van der Waals surface area contributed by atoms with Crippen molar-refractivity contribution < 1.29 is 0 Å². The van der Waals surface area contributed by atoms with Crippen LogP contribution in [0.15, 0.2) is 41.7 Å². The summed E-state index contributed by atoms with van der Waals surface area (Å²) in [5.74, 6) is 0.507. The monoisotopic (exact) mass is 350 g/mol. The van der Waals surface area contributed by atoms with E-state index in [-0.39, 0.29) is 0 Å². The van der Waals surface area contributed by atoms with Crippen molar-refractivity contribution >= 4 is 23.3 Å². The van der Waals surface area contributed by atoms with Crippen molar-refractivity contribution in [1.82, 2.24) is 19.7 Å². The first-order valence-corrected chi connectivity index (χ1v) is 9.00. The molecule has 0 bridgehead atoms. The van der Waals surface area contributed by atoms with Crippen LogP contribution in [-0.4, -0.2) is 26.0 Å². The Morgan fingerprint density at radius 3 is 2.64 bits per heavy atom. The minimum Gasteiger partial charge on any atom is -0.336 e. The molecule has 7 heteroatoms. The van der Waals surface area contributed by atoms with Gasteiger partial charge in [-0.1, -0.05) is 30.3 Å². The van der Waals surface area contributed by atoms with E-state index >= 15 is 0 Å². The Hall–Kier alpha value is -2.85. The summed E-state index contributed by atoms with van der Waals surface area (Å²) in [4.78, 5) is 8.38. The van der Waals surface area contributed by atoms with Gasteiger partial charge in [0.25, 0.3) is 0 Å². The fourth-order valence-electron chi connectivity index (χ4n) is 2.63. The van der Waals surface area contributed by atoms with Crippen LogP contribution < -0.4 is 5.32 Å². The number of hydrogen-bond acceptors (Lipinski definition) is 6. The van der Waals surface area contributed by atoms with Crippen molar-refractivity contribution in [3.63, 3.8) is 0 Å². The SMILES string of the molecule is CSc1ncnc(Nc2c(C)nn(Cc3ccccc3)c2C)c1C#N. The predicted molar refractivity (Wildman–Crippen MR) is 99.1 cm³/mol. The molecule has 0 spiro atoms. The van der Waals surface area contributed by atoms with E-state index in [1.807, 2.05) is 43.0 Å². The molecule has 1 N–H and O–H groups in total. The number of aryl methyl sites for hydroxylation is 1. The summed E-state index contributed by atoms with van der Waals surface area (Å²) >= 11 is 1.43. The van der Waals surface area contributed by atoms with E-state index in [0.29, 0.717) is 23.0 Å². The molecule has 0 radical (unpaired) electrons. The molecule has 0 atom stereocenters. The second kappa shape index (κ2) is 7.36. The molecule has 0 aliphatic rings. The molecule has 6 nitrogen and oxygen atoms in total. The third-order valence-electron chi connectivity index (χ3n) is 3.92. The lowest BCUT2D eigenvalue weighted by molar-refractivity contribution is 0.659. The molecule has 0 aliphatic heterocycles. The Morgan fingerprint density at radius 2 is 1.96 bits per heavy atom. The van der Waals surface area contributed by atoms with E-state index in [4.69, 9.17) is 0 Å². The summed E-state index contributed by atoms with van der Waals surface area (Å²) < 4.78 is 1.95. The minimum atomic E-state index is 0.449. The van der Waals surface area contributed by atoms with Gasteiger partial charge in [-0.2, -0.15) is 10.4 Å². The molecule has 0 saturated heterocycles. The van der Waals surface area contributed by atoms with Gasteiger partial charge in [0.05, 0.1) is 23.6 Å². The maximum atomic E-state index is 9.44. The molecule has 0 saturated carbocycles. The number of benzene rings is 1. The molecule has 0 amide bonds. The van der Waals surface area contributed by atoms with Crippen LogP contribution >= 0.6 is 11.8 Å². The minimum absolute atomic E-state index is 0.449. The summed E-state index contributed by atoms with van der Waals surface area (Å²) in [7, 11) is 0. The zero-order valence-corrected chi connectivity index (χ0v) is 15.1. The maximum absolute atomic E-state index is 9.44. The van der Waals surface area contributed by atoms with Gasteiger partial charge in [-0.3, -0.25) is 4.68 Å². The lowest BCUT2D eigenvalue weighted by Crippen LogP contribution is -2.05. The van der Waals surface area contributed by atoms with Crippen molar-refractivity contribution in [2.45, 2.75) is 25.4 Å². The van der Waals surface area contributed by atoms with Gasteiger partial charge < -0.3 is 5.32 Å². The molecule has 0 unspecified atom stereocenters. The van der Waals surface area contributed by atoms with Crippen LogP contribution in [0, 0.1) is 25.2 Å². The molecule has 2 aromatic heterocycles. The summed E-state index contributed by atoms with van der Waals surface area (Å²) in [6.45, 7) is 4.65. The van der Waals surface area contributed by atoms with E-state index < -0.39 is 0 Å². The summed E-state index contributed by atoms with van der Waals surface area (Å²) in [6.07, 6.45) is 3.36. The Balaban J connectivity index is 1.93. The van der Waals surface area contributed by atoms with Crippen LogP contribution in [0.1, 0.15) is 22.5 Å². The van der Waals surface area contributed by atoms with Crippen LogP contribution in [0.4, 0.5) is 11.5 Å². The topological polar surface area (TPSA) is 79.4 Å². The van der Waals surface area contributed by atoms with Crippen molar-refractivity contribution in [1.29, 1.82) is 5.26 Å². The summed E-state index contributed by atoms with van der Waals surface area (Å²) in [6, 6.07) is 12.4. The van der Waals surface area contributed by atoms with Gasteiger partial charge in [0, 0.05) is 0 Å². The molecule has 3 aromatic rings. The average Bonchev–Trinajstić information content (AvgIpc) is 2.89. The Labute approximate surface area is 150 Å². The number of thioether (sulfide) groups is 1. The van der Waals surface area contributed by atoms with E-state index in [1.54, 1.807) is 0 Å². The number of aromatic nitrogens is 4. The lowest BCUT2D eigenvalue weighted by Gasteiger charge is -2.10. The zero-order chi connectivity index (χ0) is 17.8. The average molecular weight is 350 g/mol. The number of nitrogens with one attached hydrogen (secondary N) is 1. The predicted octanol–water partition coefficient (Wildman–Crippen LogP) is 3.68. The number of anilines is 2. The molecule has 3 rings (SSSR count). The number of rotatable bonds is 5. The molecular weight excluding hydrogens is 332 g/mol. The molecule has 0 aliphatic carbocycles. The lowest BCUT2D eigenvalue weighted by atomic mass is 10.2. The van der Waals surface area contributed by atoms with Crippen LogP contribution in [0.25, 0.3) is 0 Å². The maximum Gasteiger partial charge on any atom is 0.153 e. The van der Waals surface area contributed by atoms with E-state index in [1.165, 1.54) is 23.7 Å². The fraction of sp³-hybridized carbons (Fsp3) is 0.222. The zero-order valence-electron chi connectivity index (χ0n) is 14.3. The van der Waals surface area contributed by atoms with Crippen LogP contribution in [0.5, 0.6) is 0 Å². The van der Waals surface area contributed by atoms with Crippen molar-refractivity contribution in [3.05, 3.63) is 59.2 Å². The van der Waals surface area contributed by atoms with E-state index in [2.05, 4.69) is 38.6 Å². The highest BCUT2D eigenvalue weighted by Gasteiger charge is 2.16. The first kappa shape index (κ1) is 17.0. The highest BCUT2D eigenvalue weighted by Crippen LogP contribution is 2.28. The standard InChI is InChI=1S/C18H18N6S/c1-12-16(22-17-15(9-19)18(25-3)21-11-20-17)13(2)24(23-12)10-14-7-5-4-6-8-14/h4-8,11H,10H2,1-3H3,(H,20,21,22). The van der Waals surface area contributed by atoms with Crippen LogP contribution in [0.3, 0.4) is 0 Å². The van der Waals surface area contributed by atoms with Crippen molar-refractivity contribution in [2.75, 3.05) is 11.6 Å². The van der Waals surface area contributed by atoms with Crippen molar-refractivity contribution in [2.24, 2.45) is 0 Å². The Kier molecular flexibility index (Phi) is 5.00. The number of nitrogens with zero attached hydrogens (tertiary/aromatic N) is 5. The van der Waals surface area contributed by atoms with Gasteiger partial charge >= 0.3 is 0 Å². The van der Waals surface area contributed by atoms with Gasteiger partial charge in [-0.05, 0) is 25.7 Å². The largest absolute Gasteiger partial charge is 0.336 e. The van der Waals surface area contributed by atoms with Gasteiger partial charge in [-0.15, -0.1) is 11.8 Å². The molecule has 2 heterocycles. The first-order chi connectivity index (χ1) is 12.1. The molecule has 126 valence electrons. The van der Waals surface area contributed by atoms with Gasteiger partial charge in [-0.25, -0.2) is 9.97 Å². The first-order valence-electron chi connectivity index (χ1n) is 7.78. The summed E-state index contributed by atoms with van der Waals surface area (Å²) in [5.41, 5.74) is 4.36. The van der Waals surface area contributed by atoms with E-state index in [0.717, 1.165) is 17.1 Å². The van der Waals surface area contributed by atoms with Crippen LogP contribution in [-0.2, 0) is 6.54 Å². The second-order valence-corrected chi connectivity index (χ2v) is 6.33. The smallest absolute Gasteiger partial charge is 0.153 e. The molecule has 25 heavy (non-hydrogen) atoms. The summed E-state index contributed by atoms with van der Waals surface area (Å²) in [5, 5.41) is 18.0. The van der Waals surface area contributed by atoms with E-state index in [9.17, 15) is 5.26 Å². The Bertz CT molecular complexity index is 927. The van der Waals surface area contributed by atoms with Crippen LogP contribution in [0.2, 0.25) is 0 Å².